The van der Waals surface area contributed by atoms with E-state index in [4.69, 9.17) is 10.3 Å². The third-order valence-corrected chi connectivity index (χ3v) is 3.19. The van der Waals surface area contributed by atoms with Crippen LogP contribution in [0.15, 0.2) is 54.0 Å². The van der Waals surface area contributed by atoms with Gasteiger partial charge in [0, 0.05) is 30.6 Å². The molecule has 0 aliphatic rings. The van der Waals surface area contributed by atoms with Gasteiger partial charge in [0.05, 0.1) is 0 Å². The molecule has 2 rings (SSSR count). The van der Waals surface area contributed by atoms with E-state index in [-0.39, 0.29) is 5.76 Å². The van der Waals surface area contributed by atoms with Crippen molar-refractivity contribution >= 4 is 16.9 Å². The Labute approximate surface area is 123 Å². The van der Waals surface area contributed by atoms with Crippen LogP contribution in [0.3, 0.4) is 0 Å². The highest BCUT2D eigenvalue weighted by molar-refractivity contribution is 5.98. The summed E-state index contributed by atoms with van der Waals surface area (Å²) in [5.41, 5.74) is 3.61. The number of hydrazine groups is 1. The van der Waals surface area contributed by atoms with Crippen LogP contribution < -0.4 is 11.3 Å². The van der Waals surface area contributed by atoms with Crippen molar-refractivity contribution in [3.05, 3.63) is 60.9 Å². The molecule has 0 aliphatic carbocycles. The molecule has 5 nitrogen and oxygen atoms in total. The van der Waals surface area contributed by atoms with E-state index in [0.29, 0.717) is 25.2 Å². The number of nitrogen functional groups attached to an aromatic ring is 1. The van der Waals surface area contributed by atoms with E-state index in [9.17, 15) is 4.79 Å². The molecule has 0 saturated carbocycles. The van der Waals surface area contributed by atoms with Crippen LogP contribution in [-0.4, -0.2) is 23.9 Å². The highest BCUT2D eigenvalue weighted by Crippen LogP contribution is 2.27. The molecule has 0 spiro atoms. The maximum absolute atomic E-state index is 11.9. The van der Waals surface area contributed by atoms with Gasteiger partial charge in [-0.3, -0.25) is 15.1 Å². The summed E-state index contributed by atoms with van der Waals surface area (Å²) in [5.74, 6) is 5.05. The standard InChI is InChI=1S/C16H19N3O2/c1-3-9-19(10-4-2)11-13-12-7-5-6-8-14(12)21-15(13)16(20)18-17/h3-8H,1-2,9-11,17H2,(H,18,20). The van der Waals surface area contributed by atoms with Crippen molar-refractivity contribution in [1.82, 2.24) is 10.3 Å². The van der Waals surface area contributed by atoms with Crippen molar-refractivity contribution in [2.75, 3.05) is 13.1 Å². The van der Waals surface area contributed by atoms with Crippen molar-refractivity contribution in [2.45, 2.75) is 6.54 Å². The average molecular weight is 285 g/mol. The first kappa shape index (κ1) is 15.0. The van der Waals surface area contributed by atoms with E-state index in [0.717, 1.165) is 10.9 Å². The molecule has 1 heterocycles. The quantitative estimate of drug-likeness (QED) is 0.354. The minimum atomic E-state index is -0.432. The molecule has 110 valence electrons. The van der Waals surface area contributed by atoms with Crippen molar-refractivity contribution in [3.8, 4) is 0 Å². The molecule has 1 amide bonds. The van der Waals surface area contributed by atoms with Gasteiger partial charge in [0.15, 0.2) is 5.76 Å². The number of nitrogens with two attached hydrogens (primary N) is 1. The number of hydrogen-bond donors (Lipinski definition) is 2. The molecule has 0 unspecified atom stereocenters. The third kappa shape index (κ3) is 3.21. The zero-order valence-electron chi connectivity index (χ0n) is 11.8. The Morgan fingerprint density at radius 3 is 2.57 bits per heavy atom. The van der Waals surface area contributed by atoms with Crippen LogP contribution in [0.25, 0.3) is 11.0 Å². The van der Waals surface area contributed by atoms with Crippen molar-refractivity contribution in [3.63, 3.8) is 0 Å². The molecule has 1 aromatic heterocycles. The maximum Gasteiger partial charge on any atom is 0.301 e. The van der Waals surface area contributed by atoms with Gasteiger partial charge in [0.2, 0.25) is 0 Å². The second-order valence-corrected chi connectivity index (χ2v) is 4.65. The number of carbonyl (C=O) groups is 1. The molecule has 0 fully saturated rings. The van der Waals surface area contributed by atoms with E-state index in [1.165, 1.54) is 0 Å². The molecule has 1 aromatic carbocycles. The highest BCUT2D eigenvalue weighted by Gasteiger charge is 2.21. The largest absolute Gasteiger partial charge is 0.451 e. The fraction of sp³-hybridized carbons (Fsp3) is 0.188. The first-order valence-corrected chi connectivity index (χ1v) is 6.66. The molecule has 0 saturated heterocycles. The zero-order chi connectivity index (χ0) is 15.2. The Bertz CT molecular complexity index is 651. The van der Waals surface area contributed by atoms with E-state index < -0.39 is 5.91 Å². The number of hydrogen-bond acceptors (Lipinski definition) is 4. The minimum Gasteiger partial charge on any atom is -0.451 e. The normalized spacial score (nSPS) is 10.8. The number of furan rings is 1. The number of carbonyl (C=O) groups excluding carboxylic acids is 1. The molecule has 21 heavy (non-hydrogen) atoms. The Hall–Kier alpha value is -2.37. The van der Waals surface area contributed by atoms with E-state index in [1.807, 2.05) is 36.4 Å². The van der Waals surface area contributed by atoms with Gasteiger partial charge >= 0.3 is 5.91 Å². The van der Waals surface area contributed by atoms with Crippen LogP contribution >= 0.6 is 0 Å². The van der Waals surface area contributed by atoms with Crippen LogP contribution in [0.5, 0.6) is 0 Å². The minimum absolute atomic E-state index is 0.247. The lowest BCUT2D eigenvalue weighted by Gasteiger charge is -2.18. The Morgan fingerprint density at radius 1 is 1.29 bits per heavy atom. The second-order valence-electron chi connectivity index (χ2n) is 4.65. The summed E-state index contributed by atoms with van der Waals surface area (Å²) < 4.78 is 5.64. The van der Waals surface area contributed by atoms with Crippen LogP contribution in [0.1, 0.15) is 16.1 Å². The van der Waals surface area contributed by atoms with Gasteiger partial charge in [0.25, 0.3) is 0 Å². The van der Waals surface area contributed by atoms with Gasteiger partial charge in [-0.05, 0) is 6.07 Å². The second kappa shape index (κ2) is 6.88. The van der Waals surface area contributed by atoms with Gasteiger partial charge in [-0.25, -0.2) is 5.84 Å². The lowest BCUT2D eigenvalue weighted by atomic mass is 10.1. The summed E-state index contributed by atoms with van der Waals surface area (Å²) in [6, 6.07) is 7.54. The summed E-state index contributed by atoms with van der Waals surface area (Å²) in [5, 5.41) is 0.911. The van der Waals surface area contributed by atoms with E-state index in [1.54, 1.807) is 0 Å². The maximum atomic E-state index is 11.9. The summed E-state index contributed by atoms with van der Waals surface area (Å²) in [6.07, 6.45) is 3.63. The number of benzene rings is 1. The molecular weight excluding hydrogens is 266 g/mol. The molecule has 0 bridgehead atoms. The number of rotatable bonds is 7. The van der Waals surface area contributed by atoms with Crippen LogP contribution in [0.4, 0.5) is 0 Å². The fourth-order valence-corrected chi connectivity index (χ4v) is 2.30. The molecule has 5 heteroatoms. The summed E-state index contributed by atoms with van der Waals surface area (Å²) >= 11 is 0. The number of nitrogens with one attached hydrogen (secondary N) is 1. The van der Waals surface area contributed by atoms with Gasteiger partial charge in [-0.2, -0.15) is 0 Å². The van der Waals surface area contributed by atoms with Crippen molar-refractivity contribution in [2.24, 2.45) is 5.84 Å². The van der Waals surface area contributed by atoms with E-state index >= 15 is 0 Å². The Morgan fingerprint density at radius 2 is 1.95 bits per heavy atom. The van der Waals surface area contributed by atoms with Gasteiger partial charge in [0.1, 0.15) is 5.58 Å². The fourth-order valence-electron chi connectivity index (χ4n) is 2.30. The van der Waals surface area contributed by atoms with E-state index in [2.05, 4.69) is 23.5 Å². The Balaban J connectivity index is 2.45. The predicted molar refractivity (Wildman–Crippen MR) is 83.5 cm³/mol. The monoisotopic (exact) mass is 285 g/mol. The number of amides is 1. The molecule has 0 atom stereocenters. The van der Waals surface area contributed by atoms with Crippen LogP contribution in [0.2, 0.25) is 0 Å². The topological polar surface area (TPSA) is 71.5 Å². The predicted octanol–water partition coefficient (Wildman–Crippen LogP) is 2.21. The summed E-state index contributed by atoms with van der Waals surface area (Å²) in [7, 11) is 0. The zero-order valence-corrected chi connectivity index (χ0v) is 11.8. The first-order valence-electron chi connectivity index (χ1n) is 6.66. The highest BCUT2D eigenvalue weighted by atomic mass is 16.3. The number of fused-ring (bicyclic) bond motifs is 1. The van der Waals surface area contributed by atoms with Crippen molar-refractivity contribution in [1.29, 1.82) is 0 Å². The SMILES string of the molecule is C=CCN(CC=C)Cc1c(C(=O)NN)oc2ccccc12. The number of nitrogens with zero attached hydrogens (tertiary/aromatic N) is 1. The van der Waals surface area contributed by atoms with Crippen LogP contribution in [0, 0.1) is 0 Å². The summed E-state index contributed by atoms with van der Waals surface area (Å²) in [4.78, 5) is 14.0. The van der Waals surface area contributed by atoms with Gasteiger partial charge in [-0.15, -0.1) is 13.2 Å². The Kier molecular flexibility index (Phi) is 4.92. The lowest BCUT2D eigenvalue weighted by Crippen LogP contribution is -2.31. The molecule has 2 aromatic rings. The number of para-hydroxylation sites is 1. The third-order valence-electron chi connectivity index (χ3n) is 3.19. The lowest BCUT2D eigenvalue weighted by molar-refractivity contribution is 0.0925. The first-order chi connectivity index (χ1) is 10.2. The average Bonchev–Trinajstić information content (AvgIpc) is 2.86. The van der Waals surface area contributed by atoms with Gasteiger partial charge < -0.3 is 4.42 Å². The molecule has 0 aliphatic heterocycles. The van der Waals surface area contributed by atoms with Crippen molar-refractivity contribution < 1.29 is 9.21 Å². The smallest absolute Gasteiger partial charge is 0.301 e. The molecular formula is C16H19N3O2. The molecule has 3 N–H and O–H groups in total. The van der Waals surface area contributed by atoms with Gasteiger partial charge in [-0.1, -0.05) is 30.4 Å². The molecule has 0 radical (unpaired) electrons. The van der Waals surface area contributed by atoms with Crippen LogP contribution in [-0.2, 0) is 6.54 Å². The summed E-state index contributed by atoms with van der Waals surface area (Å²) in [6.45, 7) is 9.43.